The molecule has 1 aromatic carbocycles. The molecule has 1 aliphatic rings. The van der Waals surface area contributed by atoms with E-state index in [1.807, 2.05) is 6.07 Å². The average molecular weight is 289 g/mol. The van der Waals surface area contributed by atoms with Gasteiger partial charge < -0.3 is 5.32 Å². The van der Waals surface area contributed by atoms with E-state index in [0.29, 0.717) is 11.4 Å². The number of rotatable bonds is 4. The van der Waals surface area contributed by atoms with Gasteiger partial charge in [0, 0.05) is 23.7 Å². The quantitative estimate of drug-likeness (QED) is 0.921. The zero-order valence-corrected chi connectivity index (χ0v) is 11.8. The number of benzene rings is 1. The summed E-state index contributed by atoms with van der Waals surface area (Å²) in [5.74, 6) is 0.776. The maximum absolute atomic E-state index is 13.6. The molecule has 1 atom stereocenters. The maximum Gasteiger partial charge on any atom is 0.148 e. The number of fused-ring (bicyclic) bond motifs is 1. The number of halogens is 1. The molecule has 0 spiro atoms. The summed E-state index contributed by atoms with van der Waals surface area (Å²) in [4.78, 5) is 0.695. The van der Waals surface area contributed by atoms with Crippen LogP contribution in [-0.4, -0.2) is 32.7 Å². The van der Waals surface area contributed by atoms with Gasteiger partial charge in [-0.1, -0.05) is 12.1 Å². The lowest BCUT2D eigenvalue weighted by Crippen LogP contribution is -2.29. The van der Waals surface area contributed by atoms with Gasteiger partial charge in [0.15, 0.2) is 0 Å². The van der Waals surface area contributed by atoms with E-state index >= 15 is 0 Å². The van der Waals surface area contributed by atoms with Gasteiger partial charge in [0.05, 0.1) is 5.75 Å². The summed E-state index contributed by atoms with van der Waals surface area (Å²) in [7, 11) is -2.95. The van der Waals surface area contributed by atoms with Crippen molar-refractivity contribution in [2.75, 3.05) is 24.3 Å². The molecule has 0 fully saturated rings. The molecule has 0 bridgehead atoms. The van der Waals surface area contributed by atoms with Crippen LogP contribution in [0.15, 0.2) is 23.1 Å². The number of nitrogens with one attached hydrogen (secondary N) is 1. The van der Waals surface area contributed by atoms with E-state index in [9.17, 15) is 12.8 Å². The Balaban J connectivity index is 2.06. The minimum absolute atomic E-state index is 0.0544. The van der Waals surface area contributed by atoms with Crippen molar-refractivity contribution in [1.82, 2.24) is 5.32 Å². The zero-order valence-electron chi connectivity index (χ0n) is 10.1. The molecule has 0 amide bonds. The van der Waals surface area contributed by atoms with Crippen molar-refractivity contribution in [2.24, 2.45) is 0 Å². The molecule has 18 heavy (non-hydrogen) atoms. The Bertz CT molecular complexity index is 531. The molecule has 1 N–H and O–H groups in total. The van der Waals surface area contributed by atoms with E-state index in [1.54, 1.807) is 6.07 Å². The van der Waals surface area contributed by atoms with E-state index in [2.05, 4.69) is 5.32 Å². The Hall–Kier alpha value is -0.590. The third-order valence-corrected chi connectivity index (χ3v) is 4.99. The van der Waals surface area contributed by atoms with E-state index in [4.69, 9.17) is 0 Å². The maximum atomic E-state index is 13.6. The molecule has 1 aromatic rings. The second-order valence-electron chi connectivity index (χ2n) is 4.43. The van der Waals surface area contributed by atoms with Crippen molar-refractivity contribution in [3.63, 3.8) is 0 Å². The van der Waals surface area contributed by atoms with Crippen molar-refractivity contribution >= 4 is 21.6 Å². The molecule has 1 unspecified atom stereocenters. The van der Waals surface area contributed by atoms with Gasteiger partial charge >= 0.3 is 0 Å². The Morgan fingerprint density at radius 3 is 3.00 bits per heavy atom. The summed E-state index contributed by atoms with van der Waals surface area (Å²) in [6.07, 6.45) is 2.11. The second-order valence-corrected chi connectivity index (χ2v) is 7.80. The normalized spacial score (nSPS) is 19.6. The van der Waals surface area contributed by atoms with Gasteiger partial charge in [-0.05, 0) is 23.8 Å². The van der Waals surface area contributed by atoms with Crippen LogP contribution in [0, 0.1) is 5.82 Å². The van der Waals surface area contributed by atoms with Gasteiger partial charge in [-0.2, -0.15) is 0 Å². The standard InChI is InChI=1S/C12H16FNO2S2/c1-18(15,16)8-6-14-11-5-7-17-12-9(11)3-2-4-10(12)13/h2-4,11,14H,5-8H2,1H3. The molecule has 1 aliphatic heterocycles. The molecular weight excluding hydrogens is 273 g/mol. The summed E-state index contributed by atoms with van der Waals surface area (Å²) in [6, 6.07) is 5.12. The minimum Gasteiger partial charge on any atom is -0.309 e. The lowest BCUT2D eigenvalue weighted by Gasteiger charge is -2.26. The molecule has 3 nitrogen and oxygen atoms in total. The largest absolute Gasteiger partial charge is 0.309 e. The summed E-state index contributed by atoms with van der Waals surface area (Å²) < 4.78 is 35.7. The fourth-order valence-electron chi connectivity index (χ4n) is 2.02. The summed E-state index contributed by atoms with van der Waals surface area (Å²) >= 11 is 1.52. The molecule has 0 saturated carbocycles. The lowest BCUT2D eigenvalue weighted by molar-refractivity contribution is 0.508. The average Bonchev–Trinajstić information content (AvgIpc) is 2.29. The topological polar surface area (TPSA) is 46.2 Å². The van der Waals surface area contributed by atoms with Crippen LogP contribution in [0.5, 0.6) is 0 Å². The van der Waals surface area contributed by atoms with Gasteiger partial charge in [0.2, 0.25) is 0 Å². The third-order valence-electron chi connectivity index (χ3n) is 2.89. The zero-order chi connectivity index (χ0) is 13.2. The highest BCUT2D eigenvalue weighted by atomic mass is 32.2. The van der Waals surface area contributed by atoms with Gasteiger partial charge in [0.1, 0.15) is 15.7 Å². The van der Waals surface area contributed by atoms with Crippen LogP contribution in [0.4, 0.5) is 4.39 Å². The van der Waals surface area contributed by atoms with Crippen LogP contribution in [0.25, 0.3) is 0 Å². The molecule has 0 aliphatic carbocycles. The Labute approximate surface area is 111 Å². The summed E-state index contributed by atoms with van der Waals surface area (Å²) in [5, 5.41) is 3.20. The number of hydrogen-bond donors (Lipinski definition) is 1. The fourth-order valence-corrected chi connectivity index (χ4v) is 3.65. The monoisotopic (exact) mass is 289 g/mol. The van der Waals surface area contributed by atoms with Crippen LogP contribution >= 0.6 is 11.8 Å². The number of hydrogen-bond acceptors (Lipinski definition) is 4. The number of sulfone groups is 1. The third kappa shape index (κ3) is 3.46. The molecule has 1 heterocycles. The van der Waals surface area contributed by atoms with Crippen LogP contribution in [0.3, 0.4) is 0 Å². The van der Waals surface area contributed by atoms with E-state index < -0.39 is 9.84 Å². The van der Waals surface area contributed by atoms with Crippen molar-refractivity contribution in [1.29, 1.82) is 0 Å². The van der Waals surface area contributed by atoms with Crippen molar-refractivity contribution in [3.05, 3.63) is 29.6 Å². The highest BCUT2D eigenvalue weighted by molar-refractivity contribution is 7.99. The van der Waals surface area contributed by atoms with E-state index in [1.165, 1.54) is 24.1 Å². The SMILES string of the molecule is CS(=O)(=O)CCNC1CCSc2c(F)cccc21. The number of thioether (sulfide) groups is 1. The molecule has 0 aromatic heterocycles. The van der Waals surface area contributed by atoms with Crippen LogP contribution in [-0.2, 0) is 9.84 Å². The summed E-state index contributed by atoms with van der Waals surface area (Å²) in [6.45, 7) is 0.407. The van der Waals surface area contributed by atoms with E-state index in [-0.39, 0.29) is 17.6 Å². The Morgan fingerprint density at radius 1 is 1.50 bits per heavy atom. The molecule has 2 rings (SSSR count). The van der Waals surface area contributed by atoms with Crippen LogP contribution < -0.4 is 5.32 Å². The van der Waals surface area contributed by atoms with Gasteiger partial charge in [-0.15, -0.1) is 11.8 Å². The van der Waals surface area contributed by atoms with Crippen molar-refractivity contribution in [2.45, 2.75) is 17.4 Å². The first-order valence-electron chi connectivity index (χ1n) is 5.80. The molecule has 6 heteroatoms. The van der Waals surface area contributed by atoms with Crippen molar-refractivity contribution < 1.29 is 12.8 Å². The Morgan fingerprint density at radius 2 is 2.28 bits per heavy atom. The van der Waals surface area contributed by atoms with Gasteiger partial charge in [0.25, 0.3) is 0 Å². The van der Waals surface area contributed by atoms with Crippen LogP contribution in [0.2, 0.25) is 0 Å². The fraction of sp³-hybridized carbons (Fsp3) is 0.500. The first-order chi connectivity index (χ1) is 8.47. The van der Waals surface area contributed by atoms with Crippen molar-refractivity contribution in [3.8, 4) is 0 Å². The highest BCUT2D eigenvalue weighted by Gasteiger charge is 2.22. The van der Waals surface area contributed by atoms with Gasteiger partial charge in [-0.25, -0.2) is 12.8 Å². The first-order valence-corrected chi connectivity index (χ1v) is 8.84. The smallest absolute Gasteiger partial charge is 0.148 e. The molecule has 0 saturated heterocycles. The Kier molecular flexibility index (Phi) is 4.29. The minimum atomic E-state index is -2.95. The summed E-state index contributed by atoms with van der Waals surface area (Å²) in [5.41, 5.74) is 0.944. The highest BCUT2D eigenvalue weighted by Crippen LogP contribution is 2.37. The van der Waals surface area contributed by atoms with Crippen LogP contribution in [0.1, 0.15) is 18.0 Å². The molecule has 100 valence electrons. The first kappa shape index (κ1) is 13.8. The molecule has 0 radical (unpaired) electrons. The van der Waals surface area contributed by atoms with Gasteiger partial charge in [-0.3, -0.25) is 0 Å². The van der Waals surface area contributed by atoms with E-state index in [0.717, 1.165) is 17.7 Å². The predicted octanol–water partition coefficient (Wildman–Crippen LogP) is 2.00. The predicted molar refractivity (Wildman–Crippen MR) is 72.2 cm³/mol. The molecular formula is C12H16FNO2S2. The second kappa shape index (κ2) is 5.59. The lowest BCUT2D eigenvalue weighted by atomic mass is 10.0.